The Kier molecular flexibility index (Phi) is 4.53. The second kappa shape index (κ2) is 5.85. The number of halogens is 4. The first-order chi connectivity index (χ1) is 9.34. The molecule has 0 bridgehead atoms. The molecule has 1 aromatic carbocycles. The lowest BCUT2D eigenvalue weighted by Crippen LogP contribution is -2.29. The van der Waals surface area contributed by atoms with Crippen LogP contribution in [0.25, 0.3) is 0 Å². The summed E-state index contributed by atoms with van der Waals surface area (Å²) in [6.07, 6.45) is -4.33. The van der Waals surface area contributed by atoms with Crippen LogP contribution in [0.15, 0.2) is 34.1 Å². The van der Waals surface area contributed by atoms with Crippen LogP contribution in [0.4, 0.5) is 13.2 Å². The van der Waals surface area contributed by atoms with Crippen LogP contribution < -0.4 is 11.3 Å². The SMILES string of the molecule is Cc1cc(C(F)(F)F)ccc1C(NN)c1sccc1Br. The van der Waals surface area contributed by atoms with Crippen LogP contribution in [-0.2, 0) is 6.18 Å². The molecule has 0 radical (unpaired) electrons. The molecular formula is C13H12BrF3N2S. The molecule has 1 heterocycles. The summed E-state index contributed by atoms with van der Waals surface area (Å²) in [6.45, 7) is 1.65. The molecule has 0 fully saturated rings. The molecule has 108 valence electrons. The molecule has 0 amide bonds. The predicted octanol–water partition coefficient (Wildman–Crippen LogP) is 4.39. The third-order valence-corrected chi connectivity index (χ3v) is 4.92. The quantitative estimate of drug-likeness (QED) is 0.626. The van der Waals surface area contributed by atoms with Crippen LogP contribution in [0, 0.1) is 6.92 Å². The summed E-state index contributed by atoms with van der Waals surface area (Å²) >= 11 is 4.89. The number of rotatable bonds is 3. The average Bonchev–Trinajstić information content (AvgIpc) is 2.77. The third kappa shape index (κ3) is 3.06. The molecule has 1 atom stereocenters. The number of alkyl halides is 3. The lowest BCUT2D eigenvalue weighted by atomic mass is 9.98. The first-order valence-corrected chi connectivity index (χ1v) is 7.38. The Morgan fingerprint density at radius 2 is 2.00 bits per heavy atom. The average molecular weight is 365 g/mol. The number of nitrogens with one attached hydrogen (secondary N) is 1. The van der Waals surface area contributed by atoms with Crippen LogP contribution in [0.5, 0.6) is 0 Å². The number of nitrogens with two attached hydrogens (primary N) is 1. The van der Waals surface area contributed by atoms with E-state index >= 15 is 0 Å². The summed E-state index contributed by atoms with van der Waals surface area (Å²) in [4.78, 5) is 0.926. The highest BCUT2D eigenvalue weighted by molar-refractivity contribution is 9.10. The molecule has 1 aromatic heterocycles. The number of thiophene rings is 1. The van der Waals surface area contributed by atoms with E-state index in [1.54, 1.807) is 6.92 Å². The predicted molar refractivity (Wildman–Crippen MR) is 77.4 cm³/mol. The fourth-order valence-corrected chi connectivity index (χ4v) is 3.67. The highest BCUT2D eigenvalue weighted by Gasteiger charge is 2.31. The van der Waals surface area contributed by atoms with Crippen molar-refractivity contribution in [2.75, 3.05) is 0 Å². The van der Waals surface area contributed by atoms with Gasteiger partial charge >= 0.3 is 6.18 Å². The van der Waals surface area contributed by atoms with E-state index < -0.39 is 11.7 Å². The number of hydrogen-bond donors (Lipinski definition) is 2. The van der Waals surface area contributed by atoms with Gasteiger partial charge in [-0.05, 0) is 57.6 Å². The largest absolute Gasteiger partial charge is 0.416 e. The van der Waals surface area contributed by atoms with Crippen molar-refractivity contribution in [1.29, 1.82) is 0 Å². The Bertz CT molecular complexity index is 610. The Morgan fingerprint density at radius 3 is 2.45 bits per heavy atom. The minimum absolute atomic E-state index is 0.341. The second-order valence-corrected chi connectivity index (χ2v) is 6.10. The molecule has 2 aromatic rings. The van der Waals surface area contributed by atoms with E-state index in [0.717, 1.165) is 27.0 Å². The van der Waals surface area contributed by atoms with Crippen LogP contribution in [-0.4, -0.2) is 0 Å². The number of benzene rings is 1. The van der Waals surface area contributed by atoms with Crippen molar-refractivity contribution in [2.24, 2.45) is 5.84 Å². The molecule has 0 spiro atoms. The van der Waals surface area contributed by atoms with Crippen molar-refractivity contribution in [2.45, 2.75) is 19.1 Å². The molecule has 2 rings (SSSR count). The summed E-state index contributed by atoms with van der Waals surface area (Å²) in [6, 6.07) is 5.22. The number of hydrogen-bond acceptors (Lipinski definition) is 3. The first-order valence-electron chi connectivity index (χ1n) is 5.71. The fourth-order valence-electron chi connectivity index (χ4n) is 1.99. The fraction of sp³-hybridized carbons (Fsp3) is 0.231. The zero-order chi connectivity index (χ0) is 14.9. The Labute approximate surface area is 126 Å². The maximum absolute atomic E-state index is 12.7. The second-order valence-electron chi connectivity index (χ2n) is 4.30. The van der Waals surface area contributed by atoms with Crippen molar-refractivity contribution in [1.82, 2.24) is 5.43 Å². The third-order valence-electron chi connectivity index (χ3n) is 2.98. The van der Waals surface area contributed by atoms with Crippen LogP contribution in [0.2, 0.25) is 0 Å². The van der Waals surface area contributed by atoms with Gasteiger partial charge in [-0.15, -0.1) is 11.3 Å². The van der Waals surface area contributed by atoms with Gasteiger partial charge in [0, 0.05) is 9.35 Å². The standard InChI is InChI=1S/C13H12BrF3N2S/c1-7-6-8(13(15,16)17)2-3-9(7)11(19-18)12-10(14)4-5-20-12/h2-6,11,19H,18H2,1H3. The van der Waals surface area contributed by atoms with Gasteiger partial charge in [-0.25, -0.2) is 5.43 Å². The Hall–Kier alpha value is -0.890. The van der Waals surface area contributed by atoms with E-state index in [9.17, 15) is 13.2 Å². The van der Waals surface area contributed by atoms with Gasteiger partial charge < -0.3 is 0 Å². The number of aryl methyl sites for hydroxylation is 1. The summed E-state index contributed by atoms with van der Waals surface area (Å²) < 4.78 is 38.9. The van der Waals surface area contributed by atoms with Gasteiger partial charge in [-0.3, -0.25) is 5.84 Å². The number of hydrazine groups is 1. The van der Waals surface area contributed by atoms with Gasteiger partial charge in [-0.1, -0.05) is 6.07 Å². The van der Waals surface area contributed by atoms with E-state index in [1.807, 2.05) is 11.4 Å². The molecule has 3 N–H and O–H groups in total. The molecule has 20 heavy (non-hydrogen) atoms. The van der Waals surface area contributed by atoms with Crippen molar-refractivity contribution in [3.05, 3.63) is 55.7 Å². The maximum atomic E-state index is 12.7. The van der Waals surface area contributed by atoms with Crippen LogP contribution in [0.1, 0.15) is 27.6 Å². The van der Waals surface area contributed by atoms with E-state index in [4.69, 9.17) is 5.84 Å². The van der Waals surface area contributed by atoms with Gasteiger partial charge in [-0.2, -0.15) is 13.2 Å². The van der Waals surface area contributed by atoms with Gasteiger partial charge in [0.1, 0.15) is 0 Å². The summed E-state index contributed by atoms with van der Waals surface area (Å²) in [5.74, 6) is 5.57. The lowest BCUT2D eigenvalue weighted by molar-refractivity contribution is -0.137. The summed E-state index contributed by atoms with van der Waals surface area (Å²) in [7, 11) is 0. The Balaban J connectivity index is 2.44. The molecule has 0 aliphatic heterocycles. The smallest absolute Gasteiger partial charge is 0.271 e. The van der Waals surface area contributed by atoms with E-state index in [-0.39, 0.29) is 6.04 Å². The molecule has 0 aliphatic rings. The zero-order valence-electron chi connectivity index (χ0n) is 10.5. The normalized spacial score (nSPS) is 13.5. The maximum Gasteiger partial charge on any atom is 0.416 e. The minimum atomic E-state index is -4.33. The van der Waals surface area contributed by atoms with Gasteiger partial charge in [0.15, 0.2) is 0 Å². The molecule has 7 heteroatoms. The molecular weight excluding hydrogens is 353 g/mol. The van der Waals surface area contributed by atoms with Crippen molar-refractivity contribution < 1.29 is 13.2 Å². The molecule has 0 saturated heterocycles. The van der Waals surface area contributed by atoms with E-state index in [2.05, 4.69) is 21.4 Å². The Morgan fingerprint density at radius 1 is 1.30 bits per heavy atom. The first kappa shape index (κ1) is 15.5. The lowest BCUT2D eigenvalue weighted by Gasteiger charge is -2.19. The highest BCUT2D eigenvalue weighted by Crippen LogP contribution is 2.36. The van der Waals surface area contributed by atoms with Crippen LogP contribution in [0.3, 0.4) is 0 Å². The molecule has 2 nitrogen and oxygen atoms in total. The van der Waals surface area contributed by atoms with Gasteiger partial charge in [0.25, 0.3) is 0 Å². The monoisotopic (exact) mass is 364 g/mol. The van der Waals surface area contributed by atoms with Crippen molar-refractivity contribution in [3.63, 3.8) is 0 Å². The minimum Gasteiger partial charge on any atom is -0.271 e. The molecule has 0 saturated carbocycles. The van der Waals surface area contributed by atoms with Crippen molar-refractivity contribution in [3.8, 4) is 0 Å². The highest BCUT2D eigenvalue weighted by atomic mass is 79.9. The van der Waals surface area contributed by atoms with Gasteiger partial charge in [0.2, 0.25) is 0 Å². The van der Waals surface area contributed by atoms with Gasteiger partial charge in [0.05, 0.1) is 11.6 Å². The topological polar surface area (TPSA) is 38.0 Å². The zero-order valence-corrected chi connectivity index (χ0v) is 12.9. The van der Waals surface area contributed by atoms with Crippen molar-refractivity contribution >= 4 is 27.3 Å². The molecule has 1 unspecified atom stereocenters. The van der Waals surface area contributed by atoms with E-state index in [0.29, 0.717) is 5.56 Å². The van der Waals surface area contributed by atoms with Crippen LogP contribution >= 0.6 is 27.3 Å². The summed E-state index contributed by atoms with van der Waals surface area (Å²) in [5.41, 5.74) is 3.28. The molecule has 0 aliphatic carbocycles. The summed E-state index contributed by atoms with van der Waals surface area (Å²) in [5, 5.41) is 1.89. The van der Waals surface area contributed by atoms with E-state index in [1.165, 1.54) is 17.4 Å².